The molecule has 1 N–H and O–H groups in total. The quantitative estimate of drug-likeness (QED) is 0.705. The molecular formula is C7H10N4O3. The van der Waals surface area contributed by atoms with E-state index in [0.29, 0.717) is 0 Å². The summed E-state index contributed by atoms with van der Waals surface area (Å²) in [4.78, 5) is 22.0. The molecule has 0 saturated heterocycles. The van der Waals surface area contributed by atoms with Crippen molar-refractivity contribution in [2.75, 3.05) is 6.61 Å². The molecule has 0 radical (unpaired) electrons. The van der Waals surface area contributed by atoms with Crippen LogP contribution in [0.1, 0.15) is 17.4 Å². The lowest BCUT2D eigenvalue weighted by Gasteiger charge is -2.00. The first-order valence-electron chi connectivity index (χ1n) is 3.98. The van der Waals surface area contributed by atoms with Gasteiger partial charge in [0.1, 0.15) is 0 Å². The SMILES string of the molecule is CCOC(=O)NC(=O)c1cn(C)nn1. The summed E-state index contributed by atoms with van der Waals surface area (Å²) in [6.07, 6.45) is 0.609. The van der Waals surface area contributed by atoms with Crippen molar-refractivity contribution in [1.82, 2.24) is 20.3 Å². The van der Waals surface area contributed by atoms with Gasteiger partial charge in [0.15, 0.2) is 5.69 Å². The van der Waals surface area contributed by atoms with E-state index in [0.717, 1.165) is 0 Å². The van der Waals surface area contributed by atoms with Crippen LogP contribution < -0.4 is 5.32 Å². The Morgan fingerprint density at radius 3 is 2.86 bits per heavy atom. The largest absolute Gasteiger partial charge is 0.450 e. The highest BCUT2D eigenvalue weighted by Crippen LogP contribution is 1.91. The molecule has 0 atom stereocenters. The highest BCUT2D eigenvalue weighted by atomic mass is 16.5. The Morgan fingerprint density at radius 1 is 1.64 bits per heavy atom. The fourth-order valence-corrected chi connectivity index (χ4v) is 0.775. The van der Waals surface area contributed by atoms with E-state index in [-0.39, 0.29) is 12.3 Å². The van der Waals surface area contributed by atoms with E-state index in [1.54, 1.807) is 14.0 Å². The van der Waals surface area contributed by atoms with Gasteiger partial charge in [-0.15, -0.1) is 5.10 Å². The molecule has 7 nitrogen and oxygen atoms in total. The van der Waals surface area contributed by atoms with Crippen LogP contribution in [0.5, 0.6) is 0 Å². The van der Waals surface area contributed by atoms with Gasteiger partial charge in [-0.1, -0.05) is 5.21 Å². The van der Waals surface area contributed by atoms with Crippen LogP contribution >= 0.6 is 0 Å². The molecule has 1 aromatic heterocycles. The van der Waals surface area contributed by atoms with Crippen molar-refractivity contribution in [1.29, 1.82) is 0 Å². The van der Waals surface area contributed by atoms with Crippen LogP contribution in [0.25, 0.3) is 0 Å². The van der Waals surface area contributed by atoms with Gasteiger partial charge in [-0.2, -0.15) is 0 Å². The lowest BCUT2D eigenvalue weighted by atomic mass is 10.4. The number of aryl methyl sites for hydroxylation is 1. The van der Waals surface area contributed by atoms with E-state index in [1.807, 2.05) is 5.32 Å². The molecule has 0 aliphatic carbocycles. The molecule has 76 valence electrons. The van der Waals surface area contributed by atoms with Crippen molar-refractivity contribution < 1.29 is 14.3 Å². The van der Waals surface area contributed by atoms with E-state index in [2.05, 4.69) is 15.0 Å². The molecular weight excluding hydrogens is 188 g/mol. The Kier molecular flexibility index (Phi) is 3.16. The molecule has 0 unspecified atom stereocenters. The number of nitrogens with one attached hydrogen (secondary N) is 1. The van der Waals surface area contributed by atoms with Crippen molar-refractivity contribution in [2.24, 2.45) is 7.05 Å². The van der Waals surface area contributed by atoms with Gasteiger partial charge in [0, 0.05) is 7.05 Å². The third-order valence-corrected chi connectivity index (χ3v) is 1.33. The van der Waals surface area contributed by atoms with Gasteiger partial charge >= 0.3 is 6.09 Å². The van der Waals surface area contributed by atoms with Gasteiger partial charge in [-0.25, -0.2) is 4.79 Å². The van der Waals surface area contributed by atoms with Crippen LogP contribution in [0, 0.1) is 0 Å². The van der Waals surface area contributed by atoms with Gasteiger partial charge in [0.25, 0.3) is 5.91 Å². The second kappa shape index (κ2) is 4.35. The van der Waals surface area contributed by atoms with Crippen LogP contribution in [-0.4, -0.2) is 33.6 Å². The second-order valence-corrected chi connectivity index (χ2v) is 2.45. The first kappa shape index (κ1) is 10.2. The number of imide groups is 1. The molecule has 0 aromatic carbocycles. The van der Waals surface area contributed by atoms with Crippen molar-refractivity contribution in [3.05, 3.63) is 11.9 Å². The minimum atomic E-state index is -0.789. The number of hydrogen-bond donors (Lipinski definition) is 1. The predicted octanol–water partition coefficient (Wildman–Crippen LogP) is -0.299. The molecule has 1 aromatic rings. The van der Waals surface area contributed by atoms with Crippen LogP contribution in [-0.2, 0) is 11.8 Å². The molecule has 0 bridgehead atoms. The Bertz CT molecular complexity index is 346. The zero-order chi connectivity index (χ0) is 10.6. The zero-order valence-electron chi connectivity index (χ0n) is 7.85. The summed E-state index contributed by atoms with van der Waals surface area (Å²) in [5, 5.41) is 9.06. The fraction of sp³-hybridized carbons (Fsp3) is 0.429. The van der Waals surface area contributed by atoms with E-state index in [9.17, 15) is 9.59 Å². The van der Waals surface area contributed by atoms with Crippen molar-refractivity contribution >= 4 is 12.0 Å². The maximum atomic E-state index is 11.2. The Hall–Kier alpha value is -1.92. The number of aromatic nitrogens is 3. The summed E-state index contributed by atoms with van der Waals surface area (Å²) in [6.45, 7) is 1.85. The number of ether oxygens (including phenoxy) is 1. The second-order valence-electron chi connectivity index (χ2n) is 2.45. The minimum Gasteiger partial charge on any atom is -0.450 e. The van der Waals surface area contributed by atoms with Gasteiger partial charge in [-0.05, 0) is 6.92 Å². The summed E-state index contributed by atoms with van der Waals surface area (Å²) in [6, 6.07) is 0. The maximum absolute atomic E-state index is 11.2. The highest BCUT2D eigenvalue weighted by molar-refractivity contribution is 6.01. The number of carbonyl (C=O) groups excluding carboxylic acids is 2. The lowest BCUT2D eigenvalue weighted by molar-refractivity contribution is 0.0920. The standard InChI is InChI=1S/C7H10N4O3/c1-3-14-7(13)8-6(12)5-4-11(2)10-9-5/h4H,3H2,1-2H3,(H,8,12,13). The number of carbonyl (C=O) groups is 2. The van der Waals surface area contributed by atoms with Gasteiger partial charge in [0.2, 0.25) is 0 Å². The molecule has 0 saturated carbocycles. The first-order chi connectivity index (χ1) is 6.63. The smallest absolute Gasteiger partial charge is 0.414 e. The van der Waals surface area contributed by atoms with E-state index >= 15 is 0 Å². The number of amides is 2. The van der Waals surface area contributed by atoms with E-state index in [4.69, 9.17) is 0 Å². The molecule has 0 spiro atoms. The molecule has 0 aliphatic heterocycles. The average molecular weight is 198 g/mol. The third-order valence-electron chi connectivity index (χ3n) is 1.33. The Labute approximate surface area is 80.0 Å². The summed E-state index contributed by atoms with van der Waals surface area (Å²) < 4.78 is 5.88. The van der Waals surface area contributed by atoms with Gasteiger partial charge in [0.05, 0.1) is 12.8 Å². The molecule has 0 aliphatic rings. The van der Waals surface area contributed by atoms with Crippen LogP contribution in [0.2, 0.25) is 0 Å². The summed E-state index contributed by atoms with van der Waals surface area (Å²) in [5.41, 5.74) is 0.0700. The van der Waals surface area contributed by atoms with E-state index in [1.165, 1.54) is 10.9 Å². The topological polar surface area (TPSA) is 86.1 Å². The van der Waals surface area contributed by atoms with Crippen LogP contribution in [0.3, 0.4) is 0 Å². The fourth-order valence-electron chi connectivity index (χ4n) is 0.775. The molecule has 2 amide bonds. The number of nitrogens with zero attached hydrogens (tertiary/aromatic N) is 3. The van der Waals surface area contributed by atoms with Crippen molar-refractivity contribution in [2.45, 2.75) is 6.92 Å². The molecule has 0 fully saturated rings. The molecule has 14 heavy (non-hydrogen) atoms. The Morgan fingerprint density at radius 2 is 2.36 bits per heavy atom. The lowest BCUT2D eigenvalue weighted by Crippen LogP contribution is -2.31. The van der Waals surface area contributed by atoms with Crippen molar-refractivity contribution in [3.63, 3.8) is 0 Å². The van der Waals surface area contributed by atoms with Crippen LogP contribution in [0.4, 0.5) is 4.79 Å². The van der Waals surface area contributed by atoms with Gasteiger partial charge < -0.3 is 4.74 Å². The molecule has 1 rings (SSSR count). The maximum Gasteiger partial charge on any atom is 0.414 e. The zero-order valence-corrected chi connectivity index (χ0v) is 7.85. The first-order valence-corrected chi connectivity index (χ1v) is 3.98. The minimum absolute atomic E-state index is 0.0700. The highest BCUT2D eigenvalue weighted by Gasteiger charge is 2.13. The van der Waals surface area contributed by atoms with E-state index < -0.39 is 12.0 Å². The molecule has 1 heterocycles. The van der Waals surface area contributed by atoms with Crippen molar-refractivity contribution in [3.8, 4) is 0 Å². The van der Waals surface area contributed by atoms with Crippen LogP contribution in [0.15, 0.2) is 6.20 Å². The summed E-state index contributed by atoms with van der Waals surface area (Å²) in [7, 11) is 1.62. The molecule has 7 heteroatoms. The number of rotatable bonds is 2. The number of alkyl carbamates (subject to hydrolysis) is 1. The predicted molar refractivity (Wildman–Crippen MR) is 45.5 cm³/mol. The average Bonchev–Trinajstić information content (AvgIpc) is 2.52. The summed E-state index contributed by atoms with van der Waals surface area (Å²) in [5.74, 6) is -0.628. The summed E-state index contributed by atoms with van der Waals surface area (Å²) >= 11 is 0. The third kappa shape index (κ3) is 2.54. The number of hydrogen-bond acceptors (Lipinski definition) is 5. The monoisotopic (exact) mass is 198 g/mol. The normalized spacial score (nSPS) is 9.57. The Balaban J connectivity index is 2.55. The van der Waals surface area contributed by atoms with Gasteiger partial charge in [-0.3, -0.25) is 14.8 Å².